The van der Waals surface area contributed by atoms with Crippen LogP contribution in [0.2, 0.25) is 0 Å². The summed E-state index contributed by atoms with van der Waals surface area (Å²) in [6.45, 7) is 2.83. The van der Waals surface area contributed by atoms with Crippen LogP contribution >= 0.6 is 23.1 Å². The fourth-order valence-corrected chi connectivity index (χ4v) is 2.46. The summed E-state index contributed by atoms with van der Waals surface area (Å²) >= 11 is 3.23. The maximum atomic E-state index is 8.74. The van der Waals surface area contributed by atoms with E-state index >= 15 is 0 Å². The van der Waals surface area contributed by atoms with Gasteiger partial charge in [-0.2, -0.15) is 5.26 Å². The smallest absolute Gasteiger partial charge is 0.149 e. The number of hydrogen-bond donors (Lipinski definition) is 1. The van der Waals surface area contributed by atoms with Crippen LogP contribution in [0.15, 0.2) is 15.9 Å². The summed E-state index contributed by atoms with van der Waals surface area (Å²) in [7, 11) is 0. The molecule has 0 bridgehead atoms. The third-order valence-corrected chi connectivity index (χ3v) is 3.45. The standard InChI is InChI=1S/C8H11N3S2/c1-2-10-7(5-9)6-13-8-11-3-4-12-8/h3-4,7,10H,2,6H2,1H3. The molecule has 0 spiro atoms. The van der Waals surface area contributed by atoms with E-state index in [2.05, 4.69) is 16.4 Å². The van der Waals surface area contributed by atoms with Gasteiger partial charge in [0.05, 0.1) is 6.07 Å². The molecule has 70 valence electrons. The molecule has 0 aliphatic heterocycles. The molecule has 0 fully saturated rings. The average molecular weight is 213 g/mol. The number of nitrogens with one attached hydrogen (secondary N) is 1. The highest BCUT2D eigenvalue weighted by molar-refractivity contribution is 8.01. The van der Waals surface area contributed by atoms with Gasteiger partial charge in [0.2, 0.25) is 0 Å². The van der Waals surface area contributed by atoms with E-state index in [1.165, 1.54) is 0 Å². The second kappa shape index (κ2) is 5.97. The maximum absolute atomic E-state index is 8.74. The monoisotopic (exact) mass is 213 g/mol. The van der Waals surface area contributed by atoms with Gasteiger partial charge in [0.15, 0.2) is 0 Å². The van der Waals surface area contributed by atoms with Gasteiger partial charge in [0, 0.05) is 17.3 Å². The number of hydrogen-bond acceptors (Lipinski definition) is 5. The number of rotatable bonds is 5. The number of nitrogens with zero attached hydrogens (tertiary/aromatic N) is 2. The molecule has 0 radical (unpaired) electrons. The fourth-order valence-electron chi connectivity index (χ4n) is 0.824. The van der Waals surface area contributed by atoms with Gasteiger partial charge in [-0.25, -0.2) is 4.98 Å². The topological polar surface area (TPSA) is 48.7 Å². The second-order valence-corrected chi connectivity index (χ2v) is 4.51. The van der Waals surface area contributed by atoms with Gasteiger partial charge in [-0.05, 0) is 6.54 Å². The predicted molar refractivity (Wildman–Crippen MR) is 55.9 cm³/mol. The van der Waals surface area contributed by atoms with Crippen LogP contribution in [0.5, 0.6) is 0 Å². The Morgan fingerprint density at radius 1 is 1.85 bits per heavy atom. The first kappa shape index (κ1) is 10.5. The Kier molecular flexibility index (Phi) is 4.83. The molecule has 1 heterocycles. The van der Waals surface area contributed by atoms with E-state index in [-0.39, 0.29) is 6.04 Å². The van der Waals surface area contributed by atoms with Crippen molar-refractivity contribution >= 4 is 23.1 Å². The Labute approximate surface area is 86.2 Å². The molecule has 5 heteroatoms. The first-order valence-corrected chi connectivity index (χ1v) is 5.88. The van der Waals surface area contributed by atoms with Crippen molar-refractivity contribution in [3.05, 3.63) is 11.6 Å². The minimum absolute atomic E-state index is 0.0705. The predicted octanol–water partition coefficient (Wildman–Crippen LogP) is 1.74. The van der Waals surface area contributed by atoms with Crippen molar-refractivity contribution in [2.75, 3.05) is 12.3 Å². The van der Waals surface area contributed by atoms with Crippen molar-refractivity contribution in [2.45, 2.75) is 17.3 Å². The Hall–Kier alpha value is -0.570. The number of thiazole rings is 1. The zero-order chi connectivity index (χ0) is 9.52. The fraction of sp³-hybridized carbons (Fsp3) is 0.500. The second-order valence-electron chi connectivity index (χ2n) is 2.35. The molecule has 0 aromatic carbocycles. The van der Waals surface area contributed by atoms with E-state index in [4.69, 9.17) is 5.26 Å². The van der Waals surface area contributed by atoms with E-state index in [0.29, 0.717) is 0 Å². The normalized spacial score (nSPS) is 12.3. The lowest BCUT2D eigenvalue weighted by Gasteiger charge is -2.06. The zero-order valence-corrected chi connectivity index (χ0v) is 8.99. The van der Waals surface area contributed by atoms with Crippen LogP contribution < -0.4 is 5.32 Å². The highest BCUT2D eigenvalue weighted by Gasteiger charge is 2.06. The molecule has 0 saturated carbocycles. The summed E-state index contributed by atoms with van der Waals surface area (Å²) in [5.74, 6) is 0.762. The van der Waals surface area contributed by atoms with Crippen LogP contribution in [0.25, 0.3) is 0 Å². The summed E-state index contributed by atoms with van der Waals surface area (Å²) in [4.78, 5) is 4.13. The Balaban J connectivity index is 2.29. The molecule has 0 aliphatic carbocycles. The quantitative estimate of drug-likeness (QED) is 0.757. The van der Waals surface area contributed by atoms with E-state index in [0.717, 1.165) is 16.6 Å². The van der Waals surface area contributed by atoms with E-state index in [9.17, 15) is 0 Å². The maximum Gasteiger partial charge on any atom is 0.149 e. The van der Waals surface area contributed by atoms with Crippen molar-refractivity contribution in [1.82, 2.24) is 10.3 Å². The minimum Gasteiger partial charge on any atom is -0.302 e. The van der Waals surface area contributed by atoms with Gasteiger partial charge < -0.3 is 5.32 Å². The Bertz CT molecular complexity index is 265. The van der Waals surface area contributed by atoms with Crippen molar-refractivity contribution in [3.8, 4) is 6.07 Å². The van der Waals surface area contributed by atoms with Crippen LogP contribution in [0.3, 0.4) is 0 Å². The van der Waals surface area contributed by atoms with Gasteiger partial charge in [-0.15, -0.1) is 11.3 Å². The van der Waals surface area contributed by atoms with Crippen molar-refractivity contribution < 1.29 is 0 Å². The first-order chi connectivity index (χ1) is 6.36. The molecule has 0 aliphatic rings. The molecular weight excluding hydrogens is 202 g/mol. The number of thioether (sulfide) groups is 1. The summed E-state index contributed by atoms with van der Waals surface area (Å²) < 4.78 is 1.03. The Morgan fingerprint density at radius 3 is 3.23 bits per heavy atom. The van der Waals surface area contributed by atoms with E-state index in [1.807, 2.05) is 12.3 Å². The van der Waals surface area contributed by atoms with Gasteiger partial charge in [-0.1, -0.05) is 18.7 Å². The van der Waals surface area contributed by atoms with Gasteiger partial charge in [-0.3, -0.25) is 0 Å². The lowest BCUT2D eigenvalue weighted by Crippen LogP contribution is -2.29. The van der Waals surface area contributed by atoms with Crippen LogP contribution in [0.1, 0.15) is 6.92 Å². The van der Waals surface area contributed by atoms with Gasteiger partial charge in [0.25, 0.3) is 0 Å². The minimum atomic E-state index is -0.0705. The molecule has 1 atom stereocenters. The van der Waals surface area contributed by atoms with Crippen LogP contribution in [-0.4, -0.2) is 23.3 Å². The first-order valence-electron chi connectivity index (χ1n) is 4.02. The third kappa shape index (κ3) is 3.77. The molecule has 1 aromatic rings. The summed E-state index contributed by atoms with van der Waals surface area (Å²) in [6.07, 6.45) is 1.78. The largest absolute Gasteiger partial charge is 0.302 e. The third-order valence-electron chi connectivity index (χ3n) is 1.39. The van der Waals surface area contributed by atoms with Crippen LogP contribution in [-0.2, 0) is 0 Å². The van der Waals surface area contributed by atoms with Gasteiger partial charge >= 0.3 is 0 Å². The van der Waals surface area contributed by atoms with Crippen molar-refractivity contribution in [3.63, 3.8) is 0 Å². The van der Waals surface area contributed by atoms with E-state index in [1.54, 1.807) is 29.3 Å². The van der Waals surface area contributed by atoms with Crippen molar-refractivity contribution in [2.24, 2.45) is 0 Å². The lowest BCUT2D eigenvalue weighted by molar-refractivity contribution is 0.677. The number of nitriles is 1. The SMILES string of the molecule is CCNC(C#N)CSc1nccs1. The molecule has 1 N–H and O–H groups in total. The molecule has 3 nitrogen and oxygen atoms in total. The highest BCUT2D eigenvalue weighted by atomic mass is 32.2. The molecular formula is C8H11N3S2. The lowest BCUT2D eigenvalue weighted by atomic mass is 10.4. The summed E-state index contributed by atoms with van der Waals surface area (Å²) in [5.41, 5.74) is 0. The molecule has 0 amide bonds. The average Bonchev–Trinajstić information content (AvgIpc) is 2.64. The van der Waals surface area contributed by atoms with Crippen LogP contribution in [0.4, 0.5) is 0 Å². The molecule has 0 saturated heterocycles. The molecule has 13 heavy (non-hydrogen) atoms. The highest BCUT2D eigenvalue weighted by Crippen LogP contribution is 2.20. The molecule has 1 aromatic heterocycles. The Morgan fingerprint density at radius 2 is 2.69 bits per heavy atom. The van der Waals surface area contributed by atoms with Gasteiger partial charge in [0.1, 0.15) is 10.4 Å². The molecule has 1 rings (SSSR count). The summed E-state index contributed by atoms with van der Waals surface area (Å²) in [6, 6.07) is 2.14. The summed E-state index contributed by atoms with van der Waals surface area (Å²) in [5, 5.41) is 13.8. The number of aromatic nitrogens is 1. The van der Waals surface area contributed by atoms with Crippen LogP contribution in [0, 0.1) is 11.3 Å². The molecule has 1 unspecified atom stereocenters. The van der Waals surface area contributed by atoms with Crippen molar-refractivity contribution in [1.29, 1.82) is 5.26 Å². The van der Waals surface area contributed by atoms with E-state index < -0.39 is 0 Å². The zero-order valence-electron chi connectivity index (χ0n) is 7.36.